The van der Waals surface area contributed by atoms with Gasteiger partial charge in [-0.3, -0.25) is 9.69 Å². The number of rotatable bonds is 11. The molecule has 1 unspecified atom stereocenters. The maximum Gasteiger partial charge on any atom is 0.261 e. The van der Waals surface area contributed by atoms with Crippen molar-refractivity contribution in [3.8, 4) is 0 Å². The zero-order valence-electron chi connectivity index (χ0n) is 17.4. The molecule has 0 saturated heterocycles. The fraction of sp³-hybridized carbons (Fsp3) is 0.476. The zero-order valence-corrected chi connectivity index (χ0v) is 17.4. The van der Waals surface area contributed by atoms with Crippen LogP contribution in [0.2, 0.25) is 0 Å². The van der Waals surface area contributed by atoms with Crippen molar-refractivity contribution in [2.45, 2.75) is 45.6 Å². The van der Waals surface area contributed by atoms with Crippen LogP contribution in [-0.4, -0.2) is 58.2 Å². The van der Waals surface area contributed by atoms with Crippen LogP contribution in [0.1, 0.15) is 42.6 Å². The first-order valence-corrected chi connectivity index (χ1v) is 9.72. The Morgan fingerprint density at radius 1 is 1.27 bits per heavy atom. The maximum atomic E-state index is 12.8. The second-order valence-electron chi connectivity index (χ2n) is 7.24. The minimum absolute atomic E-state index is 0.0134. The van der Waals surface area contributed by atoms with E-state index in [4.69, 9.17) is 4.74 Å². The molecule has 2 N–H and O–H groups in total. The molecule has 0 fully saturated rings. The number of hydrogen-bond donors (Lipinski definition) is 2. The number of ether oxygens (including phenoxy) is 1. The number of nitrogens with zero attached hydrogens (tertiary/aromatic N) is 3. The van der Waals surface area contributed by atoms with Gasteiger partial charge in [-0.05, 0) is 38.6 Å². The summed E-state index contributed by atoms with van der Waals surface area (Å²) in [6.45, 7) is 4.99. The average molecular weight is 422 g/mol. The highest BCUT2D eigenvalue weighted by atomic mass is 19.3. The number of aliphatic hydroxyl groups is 1. The van der Waals surface area contributed by atoms with Crippen molar-refractivity contribution in [3.63, 3.8) is 0 Å². The first kappa shape index (κ1) is 23.8. The molecule has 0 aliphatic rings. The number of aromatic nitrogens is 2. The largest absolute Gasteiger partial charge is 0.384 e. The van der Waals surface area contributed by atoms with E-state index in [-0.39, 0.29) is 19.0 Å². The second-order valence-corrected chi connectivity index (χ2v) is 7.24. The Bertz CT molecular complexity index is 800. The third kappa shape index (κ3) is 7.40. The Morgan fingerprint density at radius 3 is 2.57 bits per heavy atom. The Balaban J connectivity index is 2.11. The van der Waals surface area contributed by atoms with Crippen molar-refractivity contribution in [1.82, 2.24) is 20.2 Å². The summed E-state index contributed by atoms with van der Waals surface area (Å²) in [6, 6.07) is 10.2. The molecular formula is C21H28F2N4O3. The number of carbonyl (C=O) groups excluding carboxylic acids is 1. The lowest BCUT2D eigenvalue weighted by Crippen LogP contribution is -2.46. The number of alkyl halides is 2. The molecule has 2 rings (SSSR count). The van der Waals surface area contributed by atoms with Gasteiger partial charge in [-0.25, -0.2) is 18.7 Å². The summed E-state index contributed by atoms with van der Waals surface area (Å²) in [5.74, 6) is 0.0917. The fourth-order valence-corrected chi connectivity index (χ4v) is 2.76. The van der Waals surface area contributed by atoms with Crippen molar-refractivity contribution in [1.29, 1.82) is 0 Å². The van der Waals surface area contributed by atoms with Gasteiger partial charge in [0.2, 0.25) is 0 Å². The third-order valence-electron chi connectivity index (χ3n) is 4.38. The summed E-state index contributed by atoms with van der Waals surface area (Å²) in [6.07, 6.45) is -1.90. The summed E-state index contributed by atoms with van der Waals surface area (Å²) in [4.78, 5) is 22.6. The Labute approximate surface area is 175 Å². The van der Waals surface area contributed by atoms with E-state index in [1.807, 2.05) is 6.92 Å². The molecule has 0 bridgehead atoms. The highest BCUT2D eigenvalue weighted by Gasteiger charge is 2.23. The number of amides is 1. The molecule has 0 saturated carbocycles. The van der Waals surface area contributed by atoms with Crippen LogP contribution < -0.4 is 5.32 Å². The van der Waals surface area contributed by atoms with Gasteiger partial charge in [0.05, 0.1) is 18.8 Å². The molecule has 0 aliphatic carbocycles. The lowest BCUT2D eigenvalue weighted by atomic mass is 10.1. The highest BCUT2D eigenvalue weighted by molar-refractivity contribution is 5.94. The number of halogens is 2. The Hall–Kier alpha value is -2.49. The van der Waals surface area contributed by atoms with E-state index in [9.17, 15) is 18.7 Å². The topological polar surface area (TPSA) is 87.6 Å². The molecule has 2 aromatic rings. The van der Waals surface area contributed by atoms with E-state index in [0.29, 0.717) is 23.6 Å². The van der Waals surface area contributed by atoms with Gasteiger partial charge in [0, 0.05) is 11.8 Å². The fourth-order valence-electron chi connectivity index (χ4n) is 2.76. The molecule has 1 amide bonds. The van der Waals surface area contributed by atoms with Crippen molar-refractivity contribution in [2.24, 2.45) is 0 Å². The molecule has 1 aromatic carbocycles. The van der Waals surface area contributed by atoms with Crippen LogP contribution in [0, 0.1) is 0 Å². The minimum atomic E-state index is -2.63. The van der Waals surface area contributed by atoms with Crippen LogP contribution in [0.3, 0.4) is 0 Å². The molecule has 164 valence electrons. The third-order valence-corrected chi connectivity index (χ3v) is 4.38. The molecule has 1 atom stereocenters. The quantitative estimate of drug-likeness (QED) is 0.541. The Morgan fingerprint density at radius 2 is 1.97 bits per heavy atom. The van der Waals surface area contributed by atoms with Crippen molar-refractivity contribution >= 4 is 5.91 Å². The summed E-state index contributed by atoms with van der Waals surface area (Å²) >= 11 is 0. The van der Waals surface area contributed by atoms with Crippen LogP contribution in [0.4, 0.5) is 8.78 Å². The number of hydrogen-bond acceptors (Lipinski definition) is 6. The first-order valence-electron chi connectivity index (χ1n) is 9.72. The Kier molecular flexibility index (Phi) is 8.76. The molecule has 1 heterocycles. The standard InChI is InChI=1S/C21H28F2N4O3/c1-4-27(13-18-24-11-10-16(26-18)21(2,3)29)19(30-14-17(22)23)12-25-20(28)15-8-6-5-7-9-15/h5-11,17,19,29H,4,12-14H2,1-3H3,(H,25,28). The van der Waals surface area contributed by atoms with Crippen molar-refractivity contribution in [3.05, 3.63) is 59.7 Å². The minimum Gasteiger partial charge on any atom is -0.384 e. The van der Waals surface area contributed by atoms with Crippen LogP contribution >= 0.6 is 0 Å². The second kappa shape index (κ2) is 11.1. The van der Waals surface area contributed by atoms with Crippen LogP contribution in [-0.2, 0) is 16.9 Å². The van der Waals surface area contributed by atoms with Gasteiger partial charge >= 0.3 is 0 Å². The van der Waals surface area contributed by atoms with E-state index < -0.39 is 24.9 Å². The molecule has 0 radical (unpaired) electrons. The van der Waals surface area contributed by atoms with E-state index in [1.165, 1.54) is 6.20 Å². The predicted octanol–water partition coefficient (Wildman–Crippen LogP) is 2.56. The van der Waals surface area contributed by atoms with Gasteiger partial charge < -0.3 is 15.2 Å². The maximum absolute atomic E-state index is 12.8. The molecule has 7 nitrogen and oxygen atoms in total. The van der Waals surface area contributed by atoms with Gasteiger partial charge in [0.25, 0.3) is 12.3 Å². The predicted molar refractivity (Wildman–Crippen MR) is 108 cm³/mol. The first-order chi connectivity index (χ1) is 14.2. The van der Waals surface area contributed by atoms with Gasteiger partial charge in [-0.15, -0.1) is 0 Å². The van der Waals surface area contributed by atoms with Crippen molar-refractivity contribution in [2.75, 3.05) is 19.7 Å². The highest BCUT2D eigenvalue weighted by Crippen LogP contribution is 2.17. The smallest absolute Gasteiger partial charge is 0.261 e. The molecule has 0 spiro atoms. The lowest BCUT2D eigenvalue weighted by Gasteiger charge is -2.30. The van der Waals surface area contributed by atoms with E-state index in [0.717, 1.165) is 0 Å². The summed E-state index contributed by atoms with van der Waals surface area (Å²) in [5, 5.41) is 12.9. The molecule has 9 heteroatoms. The molecule has 1 aromatic heterocycles. The summed E-state index contributed by atoms with van der Waals surface area (Å²) in [5.41, 5.74) is -0.218. The monoisotopic (exact) mass is 422 g/mol. The summed E-state index contributed by atoms with van der Waals surface area (Å²) < 4.78 is 30.9. The number of benzene rings is 1. The van der Waals surface area contributed by atoms with Gasteiger partial charge in [0.15, 0.2) is 0 Å². The van der Waals surface area contributed by atoms with E-state index in [2.05, 4.69) is 15.3 Å². The normalized spacial score (nSPS) is 12.9. The lowest BCUT2D eigenvalue weighted by molar-refractivity contribution is -0.0945. The number of nitrogens with one attached hydrogen (secondary N) is 1. The van der Waals surface area contributed by atoms with E-state index in [1.54, 1.807) is 55.1 Å². The average Bonchev–Trinajstić information content (AvgIpc) is 2.72. The zero-order chi connectivity index (χ0) is 22.1. The number of likely N-dealkylation sites (N-methyl/N-ethyl adjacent to an activating group) is 1. The van der Waals surface area contributed by atoms with Crippen LogP contribution in [0.25, 0.3) is 0 Å². The van der Waals surface area contributed by atoms with Crippen LogP contribution in [0.5, 0.6) is 0 Å². The van der Waals surface area contributed by atoms with E-state index >= 15 is 0 Å². The van der Waals surface area contributed by atoms with Crippen molar-refractivity contribution < 1.29 is 23.4 Å². The summed E-state index contributed by atoms with van der Waals surface area (Å²) in [7, 11) is 0. The SMILES string of the molecule is CCN(Cc1nccc(C(C)(C)O)n1)C(CNC(=O)c1ccccc1)OCC(F)F. The van der Waals surface area contributed by atoms with Gasteiger partial charge in [0.1, 0.15) is 24.3 Å². The molecular weight excluding hydrogens is 394 g/mol. The van der Waals surface area contributed by atoms with Crippen LogP contribution in [0.15, 0.2) is 42.6 Å². The molecule has 0 aliphatic heterocycles. The van der Waals surface area contributed by atoms with Gasteiger partial charge in [-0.2, -0.15) is 0 Å². The van der Waals surface area contributed by atoms with Gasteiger partial charge in [-0.1, -0.05) is 25.1 Å². The molecule has 30 heavy (non-hydrogen) atoms. The number of carbonyl (C=O) groups is 1.